The quantitative estimate of drug-likeness (QED) is 0.725. The number of benzene rings is 1. The summed E-state index contributed by atoms with van der Waals surface area (Å²) in [5.74, 6) is -0.205. The molecule has 1 heterocycles. The first-order valence-electron chi connectivity index (χ1n) is 5.00. The maximum Gasteiger partial charge on any atom is 0.123 e. The predicted octanol–water partition coefficient (Wildman–Crippen LogP) is 3.45. The molecule has 0 saturated carbocycles. The van der Waals surface area contributed by atoms with Gasteiger partial charge in [-0.25, -0.2) is 4.39 Å². The minimum Gasteiger partial charge on any atom is -0.261 e. The van der Waals surface area contributed by atoms with E-state index in [0.29, 0.717) is 0 Å². The second-order valence-corrected chi connectivity index (χ2v) is 3.40. The van der Waals surface area contributed by atoms with Gasteiger partial charge in [0.25, 0.3) is 0 Å². The van der Waals surface area contributed by atoms with E-state index in [2.05, 4.69) is 11.9 Å². The molecule has 0 bridgehead atoms. The van der Waals surface area contributed by atoms with Crippen LogP contribution in [0.1, 0.15) is 12.6 Å². The zero-order valence-electron chi connectivity index (χ0n) is 8.57. The van der Waals surface area contributed by atoms with E-state index in [1.165, 1.54) is 12.1 Å². The summed E-state index contributed by atoms with van der Waals surface area (Å²) < 4.78 is 12.7. The first kappa shape index (κ1) is 9.84. The smallest absolute Gasteiger partial charge is 0.123 e. The molecule has 1 aromatic heterocycles. The van der Waals surface area contributed by atoms with Crippen LogP contribution < -0.4 is 0 Å². The van der Waals surface area contributed by atoms with Gasteiger partial charge in [0, 0.05) is 11.9 Å². The van der Waals surface area contributed by atoms with Crippen LogP contribution in [0.15, 0.2) is 42.6 Å². The van der Waals surface area contributed by atoms with Crippen molar-refractivity contribution in [1.82, 2.24) is 4.98 Å². The number of rotatable bonds is 2. The number of aryl methyl sites for hydroxylation is 1. The van der Waals surface area contributed by atoms with Crippen LogP contribution in [0, 0.1) is 5.82 Å². The predicted molar refractivity (Wildman–Crippen MR) is 59.0 cm³/mol. The first-order valence-corrected chi connectivity index (χ1v) is 5.00. The molecular weight excluding hydrogens is 189 g/mol. The third kappa shape index (κ3) is 2.21. The molecule has 0 fully saturated rings. The molecule has 0 aliphatic heterocycles. The fraction of sp³-hybridized carbons (Fsp3) is 0.154. The summed E-state index contributed by atoms with van der Waals surface area (Å²) in [6.45, 7) is 2.07. The number of aromatic nitrogens is 1. The molecule has 0 atom stereocenters. The van der Waals surface area contributed by atoms with Crippen molar-refractivity contribution in [2.45, 2.75) is 13.3 Å². The van der Waals surface area contributed by atoms with E-state index in [4.69, 9.17) is 0 Å². The lowest BCUT2D eigenvalue weighted by atomic mass is 10.1. The van der Waals surface area contributed by atoms with Crippen molar-refractivity contribution in [2.24, 2.45) is 0 Å². The molecule has 1 nitrogen and oxygen atoms in total. The molecule has 0 aliphatic rings. The summed E-state index contributed by atoms with van der Waals surface area (Å²) in [4.78, 5) is 4.23. The van der Waals surface area contributed by atoms with Gasteiger partial charge in [-0.3, -0.25) is 4.98 Å². The monoisotopic (exact) mass is 201 g/mol. The summed E-state index contributed by atoms with van der Waals surface area (Å²) >= 11 is 0. The topological polar surface area (TPSA) is 12.9 Å². The Morgan fingerprint density at radius 1 is 1.07 bits per heavy atom. The van der Waals surface area contributed by atoms with Crippen LogP contribution in [0.4, 0.5) is 4.39 Å². The van der Waals surface area contributed by atoms with E-state index in [1.807, 2.05) is 12.1 Å². The van der Waals surface area contributed by atoms with Crippen molar-refractivity contribution in [1.29, 1.82) is 0 Å². The maximum atomic E-state index is 12.7. The molecular formula is C13H12FN. The van der Waals surface area contributed by atoms with Gasteiger partial charge in [-0.2, -0.15) is 0 Å². The van der Waals surface area contributed by atoms with Crippen LogP contribution in [0.2, 0.25) is 0 Å². The minimum absolute atomic E-state index is 0.205. The molecule has 0 radical (unpaired) electrons. The normalized spacial score (nSPS) is 10.3. The molecule has 0 amide bonds. The van der Waals surface area contributed by atoms with Gasteiger partial charge in [0.1, 0.15) is 5.82 Å². The van der Waals surface area contributed by atoms with Crippen molar-refractivity contribution in [3.63, 3.8) is 0 Å². The molecule has 0 unspecified atom stereocenters. The van der Waals surface area contributed by atoms with Crippen LogP contribution in [0.3, 0.4) is 0 Å². The van der Waals surface area contributed by atoms with Gasteiger partial charge in [0.05, 0.1) is 0 Å². The highest BCUT2D eigenvalue weighted by molar-refractivity contribution is 5.63. The zero-order valence-corrected chi connectivity index (χ0v) is 8.57. The summed E-state index contributed by atoms with van der Waals surface area (Å²) in [6, 6.07) is 10.5. The Kier molecular flexibility index (Phi) is 2.77. The third-order valence-corrected chi connectivity index (χ3v) is 2.36. The lowest BCUT2D eigenvalue weighted by Gasteiger charge is -2.03. The second-order valence-electron chi connectivity index (χ2n) is 3.40. The molecule has 0 aliphatic carbocycles. The van der Waals surface area contributed by atoms with Crippen molar-refractivity contribution in [2.75, 3.05) is 0 Å². The van der Waals surface area contributed by atoms with Crippen molar-refractivity contribution >= 4 is 0 Å². The lowest BCUT2D eigenvalue weighted by Crippen LogP contribution is -1.87. The standard InChI is InChI=1S/C13H12FN/c1-2-13-9-11(7-8-15-13)10-3-5-12(14)6-4-10/h3-9H,2H2,1H3. The van der Waals surface area contributed by atoms with Gasteiger partial charge < -0.3 is 0 Å². The number of halogens is 1. The minimum atomic E-state index is -0.205. The van der Waals surface area contributed by atoms with Crippen LogP contribution in [-0.2, 0) is 6.42 Å². The molecule has 1 aromatic carbocycles. The third-order valence-electron chi connectivity index (χ3n) is 2.36. The van der Waals surface area contributed by atoms with E-state index in [9.17, 15) is 4.39 Å². The van der Waals surface area contributed by atoms with Crippen LogP contribution in [0.25, 0.3) is 11.1 Å². The molecule has 76 valence electrons. The van der Waals surface area contributed by atoms with Crippen LogP contribution >= 0.6 is 0 Å². The fourth-order valence-corrected chi connectivity index (χ4v) is 1.49. The Morgan fingerprint density at radius 2 is 1.80 bits per heavy atom. The van der Waals surface area contributed by atoms with Gasteiger partial charge >= 0.3 is 0 Å². The highest BCUT2D eigenvalue weighted by Crippen LogP contribution is 2.19. The number of nitrogens with zero attached hydrogens (tertiary/aromatic N) is 1. The molecule has 0 saturated heterocycles. The van der Waals surface area contributed by atoms with Gasteiger partial charge in [0.15, 0.2) is 0 Å². The van der Waals surface area contributed by atoms with Crippen LogP contribution in [-0.4, -0.2) is 4.98 Å². The Morgan fingerprint density at radius 3 is 2.47 bits per heavy atom. The van der Waals surface area contributed by atoms with Gasteiger partial charge in [-0.1, -0.05) is 19.1 Å². The Bertz CT molecular complexity index is 448. The summed E-state index contributed by atoms with van der Waals surface area (Å²) in [7, 11) is 0. The summed E-state index contributed by atoms with van der Waals surface area (Å²) in [5.41, 5.74) is 3.16. The number of hydrogen-bond acceptors (Lipinski definition) is 1. The summed E-state index contributed by atoms with van der Waals surface area (Å²) in [6.07, 6.45) is 2.70. The van der Waals surface area contributed by atoms with Crippen molar-refractivity contribution in [3.05, 3.63) is 54.1 Å². The zero-order chi connectivity index (χ0) is 10.7. The van der Waals surface area contributed by atoms with Crippen molar-refractivity contribution < 1.29 is 4.39 Å². The Labute approximate surface area is 88.6 Å². The van der Waals surface area contributed by atoms with Gasteiger partial charge in [0.2, 0.25) is 0 Å². The molecule has 2 rings (SSSR count). The molecule has 15 heavy (non-hydrogen) atoms. The first-order chi connectivity index (χ1) is 7.29. The highest BCUT2D eigenvalue weighted by Gasteiger charge is 1.99. The van der Waals surface area contributed by atoms with E-state index >= 15 is 0 Å². The number of pyridine rings is 1. The molecule has 2 aromatic rings. The maximum absolute atomic E-state index is 12.7. The van der Waals surface area contributed by atoms with E-state index in [-0.39, 0.29) is 5.82 Å². The fourth-order valence-electron chi connectivity index (χ4n) is 1.49. The Hall–Kier alpha value is -1.70. The second kappa shape index (κ2) is 4.22. The number of hydrogen-bond donors (Lipinski definition) is 0. The SMILES string of the molecule is CCc1cc(-c2ccc(F)cc2)ccn1. The van der Waals surface area contributed by atoms with E-state index in [1.54, 1.807) is 18.3 Å². The lowest BCUT2D eigenvalue weighted by molar-refractivity contribution is 0.628. The average molecular weight is 201 g/mol. The van der Waals surface area contributed by atoms with E-state index < -0.39 is 0 Å². The van der Waals surface area contributed by atoms with Crippen molar-refractivity contribution in [3.8, 4) is 11.1 Å². The molecule has 2 heteroatoms. The average Bonchev–Trinajstić information content (AvgIpc) is 2.30. The molecule has 0 N–H and O–H groups in total. The Balaban J connectivity index is 2.40. The van der Waals surface area contributed by atoms with Gasteiger partial charge in [-0.05, 0) is 41.8 Å². The highest BCUT2D eigenvalue weighted by atomic mass is 19.1. The molecule has 0 spiro atoms. The summed E-state index contributed by atoms with van der Waals surface area (Å²) in [5, 5.41) is 0. The van der Waals surface area contributed by atoms with Crippen LogP contribution in [0.5, 0.6) is 0 Å². The van der Waals surface area contributed by atoms with Gasteiger partial charge in [-0.15, -0.1) is 0 Å². The largest absolute Gasteiger partial charge is 0.261 e. The van der Waals surface area contributed by atoms with E-state index in [0.717, 1.165) is 23.2 Å².